The molecule has 3 nitrogen and oxygen atoms in total. The zero-order valence-electron chi connectivity index (χ0n) is 9.98. The zero-order chi connectivity index (χ0) is 11.4. The lowest BCUT2D eigenvalue weighted by molar-refractivity contribution is 0.419. The molecule has 0 aliphatic heterocycles. The third kappa shape index (κ3) is 2.67. The van der Waals surface area contributed by atoms with Gasteiger partial charge in [-0.3, -0.25) is 9.97 Å². The summed E-state index contributed by atoms with van der Waals surface area (Å²) >= 11 is 0. The van der Waals surface area contributed by atoms with Gasteiger partial charge in [0, 0.05) is 24.5 Å². The maximum Gasteiger partial charge on any atom is 0.0782 e. The minimum Gasteiger partial charge on any atom is -0.306 e. The van der Waals surface area contributed by atoms with Gasteiger partial charge in [0.25, 0.3) is 0 Å². The summed E-state index contributed by atoms with van der Waals surface area (Å²) in [6.07, 6.45) is 11.6. The number of hydrogen-bond donors (Lipinski definition) is 1. The molecule has 3 heteroatoms. The smallest absolute Gasteiger partial charge is 0.0782 e. The first-order valence-corrected chi connectivity index (χ1v) is 5.96. The van der Waals surface area contributed by atoms with E-state index in [9.17, 15) is 0 Å². The van der Waals surface area contributed by atoms with Crippen molar-refractivity contribution in [1.29, 1.82) is 0 Å². The molecule has 86 valence electrons. The van der Waals surface area contributed by atoms with Crippen molar-refractivity contribution in [3.8, 4) is 0 Å². The number of rotatable bonds is 3. The normalized spacial score (nSPS) is 22.0. The fourth-order valence-electron chi connectivity index (χ4n) is 2.22. The largest absolute Gasteiger partial charge is 0.306 e. The molecule has 1 aliphatic rings. The summed E-state index contributed by atoms with van der Waals surface area (Å²) in [5.41, 5.74) is 2.09. The van der Waals surface area contributed by atoms with Crippen LogP contribution in [-0.2, 0) is 0 Å². The van der Waals surface area contributed by atoms with Gasteiger partial charge in [-0.15, -0.1) is 0 Å². The number of hydrogen-bond acceptors (Lipinski definition) is 3. The predicted molar refractivity (Wildman–Crippen MR) is 65.1 cm³/mol. The van der Waals surface area contributed by atoms with E-state index in [-0.39, 0.29) is 6.04 Å². The molecule has 0 spiro atoms. The van der Waals surface area contributed by atoms with E-state index in [0.717, 1.165) is 17.8 Å². The van der Waals surface area contributed by atoms with Crippen molar-refractivity contribution in [2.45, 2.75) is 45.2 Å². The van der Waals surface area contributed by atoms with Gasteiger partial charge in [0.05, 0.1) is 11.4 Å². The number of nitrogens with zero attached hydrogens (tertiary/aromatic N) is 2. The third-order valence-electron chi connectivity index (χ3n) is 3.08. The molecule has 0 amide bonds. The molecule has 2 atom stereocenters. The standard InChI is InChI=1S/C13H19N3/c1-10-13(15-9-8-14-10)11(2)16-12-6-4-3-5-7-12/h3-4,8-9,11-12,16H,5-7H2,1-2H3. The maximum absolute atomic E-state index is 4.40. The van der Waals surface area contributed by atoms with E-state index in [2.05, 4.69) is 34.4 Å². The van der Waals surface area contributed by atoms with Crippen LogP contribution < -0.4 is 5.32 Å². The maximum atomic E-state index is 4.40. The van der Waals surface area contributed by atoms with Gasteiger partial charge in [0.2, 0.25) is 0 Å². The molecule has 0 fully saturated rings. The quantitative estimate of drug-likeness (QED) is 0.791. The van der Waals surface area contributed by atoms with Gasteiger partial charge >= 0.3 is 0 Å². The number of allylic oxidation sites excluding steroid dienone is 1. The predicted octanol–water partition coefficient (Wildman–Crippen LogP) is 2.54. The van der Waals surface area contributed by atoms with Crippen LogP contribution >= 0.6 is 0 Å². The molecule has 1 aliphatic carbocycles. The van der Waals surface area contributed by atoms with E-state index in [1.54, 1.807) is 12.4 Å². The Labute approximate surface area is 97.0 Å². The summed E-state index contributed by atoms with van der Waals surface area (Å²) in [5, 5.41) is 3.62. The third-order valence-corrected chi connectivity index (χ3v) is 3.08. The summed E-state index contributed by atoms with van der Waals surface area (Å²) in [6.45, 7) is 4.18. The molecular formula is C13H19N3. The second-order valence-electron chi connectivity index (χ2n) is 4.40. The van der Waals surface area contributed by atoms with Gasteiger partial charge in [0.1, 0.15) is 0 Å². The van der Waals surface area contributed by atoms with Crippen molar-refractivity contribution in [1.82, 2.24) is 15.3 Å². The minimum absolute atomic E-state index is 0.283. The van der Waals surface area contributed by atoms with Crippen LogP contribution in [0.25, 0.3) is 0 Å². The van der Waals surface area contributed by atoms with E-state index >= 15 is 0 Å². The van der Waals surface area contributed by atoms with Crippen LogP contribution in [0.15, 0.2) is 24.5 Å². The molecule has 1 N–H and O–H groups in total. The summed E-state index contributed by atoms with van der Waals surface area (Å²) in [4.78, 5) is 8.68. The van der Waals surface area contributed by atoms with Crippen molar-refractivity contribution in [3.63, 3.8) is 0 Å². The summed E-state index contributed by atoms with van der Waals surface area (Å²) < 4.78 is 0. The lowest BCUT2D eigenvalue weighted by Gasteiger charge is -2.24. The van der Waals surface area contributed by atoms with Crippen molar-refractivity contribution < 1.29 is 0 Å². The molecule has 0 saturated heterocycles. The highest BCUT2D eigenvalue weighted by Crippen LogP contribution is 2.17. The fourth-order valence-corrected chi connectivity index (χ4v) is 2.22. The van der Waals surface area contributed by atoms with Gasteiger partial charge in [-0.2, -0.15) is 0 Å². The molecule has 2 unspecified atom stereocenters. The van der Waals surface area contributed by atoms with E-state index in [4.69, 9.17) is 0 Å². The molecule has 0 saturated carbocycles. The SMILES string of the molecule is Cc1nccnc1C(C)NC1CC=CCC1. The van der Waals surface area contributed by atoms with Crippen molar-refractivity contribution in [2.75, 3.05) is 0 Å². The first-order valence-electron chi connectivity index (χ1n) is 5.96. The molecule has 0 radical (unpaired) electrons. The van der Waals surface area contributed by atoms with Crippen LogP contribution in [0.2, 0.25) is 0 Å². The van der Waals surface area contributed by atoms with Crippen LogP contribution in [-0.4, -0.2) is 16.0 Å². The second kappa shape index (κ2) is 5.21. The fraction of sp³-hybridized carbons (Fsp3) is 0.538. The van der Waals surface area contributed by atoms with Crippen molar-refractivity contribution in [3.05, 3.63) is 35.9 Å². The topological polar surface area (TPSA) is 37.8 Å². The molecule has 0 bridgehead atoms. The van der Waals surface area contributed by atoms with Crippen LogP contribution in [0.1, 0.15) is 43.6 Å². The van der Waals surface area contributed by atoms with E-state index in [1.165, 1.54) is 12.8 Å². The lowest BCUT2D eigenvalue weighted by atomic mass is 10.0. The first-order chi connectivity index (χ1) is 7.77. The number of aryl methyl sites for hydroxylation is 1. The first kappa shape index (κ1) is 11.3. The Morgan fingerprint density at radius 3 is 2.81 bits per heavy atom. The summed E-state index contributed by atoms with van der Waals surface area (Å²) in [5.74, 6) is 0. The molecule has 1 heterocycles. The Morgan fingerprint density at radius 1 is 1.31 bits per heavy atom. The highest BCUT2D eigenvalue weighted by atomic mass is 15.0. The van der Waals surface area contributed by atoms with Gasteiger partial charge in [-0.1, -0.05) is 12.2 Å². The molecule has 16 heavy (non-hydrogen) atoms. The van der Waals surface area contributed by atoms with Gasteiger partial charge in [-0.25, -0.2) is 0 Å². The van der Waals surface area contributed by atoms with E-state index in [0.29, 0.717) is 6.04 Å². The molecule has 2 rings (SSSR count). The zero-order valence-corrected chi connectivity index (χ0v) is 9.98. The van der Waals surface area contributed by atoms with E-state index < -0.39 is 0 Å². The Kier molecular flexibility index (Phi) is 3.67. The molecule has 0 aromatic carbocycles. The Balaban J connectivity index is 2.00. The lowest BCUT2D eigenvalue weighted by Crippen LogP contribution is -2.32. The van der Waals surface area contributed by atoms with Crippen LogP contribution in [0.4, 0.5) is 0 Å². The van der Waals surface area contributed by atoms with Crippen LogP contribution in [0, 0.1) is 6.92 Å². The van der Waals surface area contributed by atoms with Crippen LogP contribution in [0.3, 0.4) is 0 Å². The monoisotopic (exact) mass is 217 g/mol. The van der Waals surface area contributed by atoms with Crippen molar-refractivity contribution in [2.24, 2.45) is 0 Å². The molecule has 1 aromatic rings. The minimum atomic E-state index is 0.283. The number of nitrogens with one attached hydrogen (secondary N) is 1. The summed E-state index contributed by atoms with van der Waals surface area (Å²) in [6, 6.07) is 0.867. The Hall–Kier alpha value is -1.22. The number of aromatic nitrogens is 2. The van der Waals surface area contributed by atoms with Crippen LogP contribution in [0.5, 0.6) is 0 Å². The Morgan fingerprint density at radius 2 is 2.12 bits per heavy atom. The highest BCUT2D eigenvalue weighted by molar-refractivity contribution is 5.13. The second-order valence-corrected chi connectivity index (χ2v) is 4.40. The van der Waals surface area contributed by atoms with Gasteiger partial charge in [0.15, 0.2) is 0 Å². The van der Waals surface area contributed by atoms with Gasteiger partial charge in [-0.05, 0) is 33.1 Å². The summed E-state index contributed by atoms with van der Waals surface area (Å²) in [7, 11) is 0. The highest BCUT2D eigenvalue weighted by Gasteiger charge is 2.16. The average Bonchev–Trinajstić information content (AvgIpc) is 2.31. The van der Waals surface area contributed by atoms with Crippen molar-refractivity contribution >= 4 is 0 Å². The Bertz CT molecular complexity index is 373. The molecule has 1 aromatic heterocycles. The molecular weight excluding hydrogens is 198 g/mol. The average molecular weight is 217 g/mol. The van der Waals surface area contributed by atoms with Gasteiger partial charge < -0.3 is 5.32 Å². The van der Waals surface area contributed by atoms with E-state index in [1.807, 2.05) is 6.92 Å².